The summed E-state index contributed by atoms with van der Waals surface area (Å²) in [4.78, 5) is 17.5. The maximum atomic E-state index is 11.3. The van der Waals surface area contributed by atoms with Gasteiger partial charge in [-0.15, -0.1) is 0 Å². The van der Waals surface area contributed by atoms with Crippen LogP contribution in [0.25, 0.3) is 0 Å². The Balaban J connectivity index is 2.31. The molecule has 21 heavy (non-hydrogen) atoms. The lowest BCUT2D eigenvalue weighted by molar-refractivity contribution is -0.384. The normalized spacial score (nSPS) is 22.1. The highest BCUT2D eigenvalue weighted by molar-refractivity contribution is 5.62. The second kappa shape index (κ2) is 6.74. The zero-order chi connectivity index (χ0) is 15.4. The Hall–Kier alpha value is -1.85. The minimum absolute atomic E-state index is 0.0958. The smallest absolute Gasteiger partial charge is 0.311 e. The Kier molecular flexibility index (Phi) is 4.98. The third kappa shape index (κ3) is 3.62. The van der Waals surface area contributed by atoms with E-state index in [-0.39, 0.29) is 16.7 Å². The van der Waals surface area contributed by atoms with Gasteiger partial charge < -0.3 is 10.2 Å². The molecule has 2 rings (SSSR count). The van der Waals surface area contributed by atoms with Gasteiger partial charge in [-0.25, -0.2) is 4.98 Å². The third-order valence-electron chi connectivity index (χ3n) is 4.02. The van der Waals surface area contributed by atoms with Gasteiger partial charge in [0.2, 0.25) is 5.82 Å². The molecular weight excluding hydrogens is 268 g/mol. The van der Waals surface area contributed by atoms with Crippen LogP contribution in [0.2, 0.25) is 0 Å². The minimum Gasteiger partial charge on any atom is -0.370 e. The topological polar surface area (TPSA) is 71.3 Å². The fraction of sp³-hybridized carbons (Fsp3) is 0.667. The molecule has 1 fully saturated rings. The summed E-state index contributed by atoms with van der Waals surface area (Å²) in [6.45, 7) is 8.07. The van der Waals surface area contributed by atoms with Crippen molar-refractivity contribution < 1.29 is 4.92 Å². The van der Waals surface area contributed by atoms with Gasteiger partial charge in [-0.05, 0) is 38.2 Å². The highest BCUT2D eigenvalue weighted by atomic mass is 16.6. The zero-order valence-corrected chi connectivity index (χ0v) is 13.0. The average Bonchev–Trinajstić information content (AvgIpc) is 2.44. The second-order valence-corrected chi connectivity index (χ2v) is 5.90. The Morgan fingerprint density at radius 2 is 2.24 bits per heavy atom. The van der Waals surface area contributed by atoms with Gasteiger partial charge in [0.1, 0.15) is 5.82 Å². The molecule has 1 aliphatic heterocycles. The number of rotatable bonds is 5. The zero-order valence-electron chi connectivity index (χ0n) is 13.0. The van der Waals surface area contributed by atoms with E-state index in [0.717, 1.165) is 32.4 Å². The van der Waals surface area contributed by atoms with Crippen LogP contribution in [-0.2, 0) is 0 Å². The molecule has 0 aliphatic carbocycles. The number of aromatic nitrogens is 1. The molecule has 0 bridgehead atoms. The van der Waals surface area contributed by atoms with Crippen LogP contribution in [-0.4, -0.2) is 29.0 Å². The van der Waals surface area contributed by atoms with Crippen LogP contribution in [0.1, 0.15) is 40.0 Å². The Morgan fingerprint density at radius 3 is 2.86 bits per heavy atom. The van der Waals surface area contributed by atoms with Gasteiger partial charge in [-0.1, -0.05) is 13.8 Å². The summed E-state index contributed by atoms with van der Waals surface area (Å²) in [5.74, 6) is 1.88. The fourth-order valence-electron chi connectivity index (χ4n) is 2.87. The first kappa shape index (κ1) is 15.5. The van der Waals surface area contributed by atoms with Gasteiger partial charge in [0, 0.05) is 25.2 Å². The number of nitrogens with one attached hydrogen (secondary N) is 1. The molecule has 6 heteroatoms. The lowest BCUT2D eigenvalue weighted by Gasteiger charge is -2.37. The summed E-state index contributed by atoms with van der Waals surface area (Å²) in [6.07, 6.45) is 3.09. The Morgan fingerprint density at radius 1 is 1.48 bits per heavy atom. The van der Waals surface area contributed by atoms with E-state index in [1.54, 1.807) is 12.1 Å². The SMILES string of the molecule is CCCNc1ccc([N+](=O)[O-])c(N2CCC(C)CC2C)n1. The molecule has 1 aromatic heterocycles. The first-order valence-corrected chi connectivity index (χ1v) is 7.68. The van der Waals surface area contributed by atoms with E-state index in [1.165, 1.54) is 0 Å². The van der Waals surface area contributed by atoms with Crippen molar-refractivity contribution in [3.8, 4) is 0 Å². The lowest BCUT2D eigenvalue weighted by Crippen LogP contribution is -2.41. The molecule has 0 radical (unpaired) electrons. The molecule has 0 saturated carbocycles. The molecule has 1 aromatic rings. The minimum atomic E-state index is -0.337. The average molecular weight is 292 g/mol. The molecule has 2 heterocycles. The van der Waals surface area contributed by atoms with E-state index < -0.39 is 0 Å². The molecular formula is C15H24N4O2. The van der Waals surface area contributed by atoms with Crippen LogP contribution in [0.5, 0.6) is 0 Å². The highest BCUT2D eigenvalue weighted by Crippen LogP contribution is 2.33. The number of anilines is 2. The number of piperidine rings is 1. The third-order valence-corrected chi connectivity index (χ3v) is 4.02. The van der Waals surface area contributed by atoms with E-state index >= 15 is 0 Å². The highest BCUT2D eigenvalue weighted by Gasteiger charge is 2.29. The molecule has 1 aliphatic rings. The van der Waals surface area contributed by atoms with E-state index in [1.807, 2.05) is 0 Å². The predicted molar refractivity (Wildman–Crippen MR) is 84.9 cm³/mol. The maximum Gasteiger partial charge on any atom is 0.311 e. The molecule has 2 unspecified atom stereocenters. The van der Waals surface area contributed by atoms with Gasteiger partial charge in [0.15, 0.2) is 0 Å². The van der Waals surface area contributed by atoms with Gasteiger partial charge in [0.25, 0.3) is 0 Å². The van der Waals surface area contributed by atoms with Crippen molar-refractivity contribution in [2.45, 2.75) is 46.1 Å². The molecule has 0 amide bonds. The molecule has 1 saturated heterocycles. The Bertz CT molecular complexity index is 506. The Labute approximate surface area is 125 Å². The summed E-state index contributed by atoms with van der Waals surface area (Å²) >= 11 is 0. The van der Waals surface area contributed by atoms with Crippen molar-refractivity contribution >= 4 is 17.3 Å². The number of nitrogens with zero attached hydrogens (tertiary/aromatic N) is 3. The lowest BCUT2D eigenvalue weighted by atomic mass is 9.93. The summed E-state index contributed by atoms with van der Waals surface area (Å²) in [5, 5.41) is 14.5. The standard InChI is InChI=1S/C15H24N4O2/c1-4-8-16-14-6-5-13(19(20)21)15(17-14)18-9-7-11(2)10-12(18)3/h5-6,11-12H,4,7-10H2,1-3H3,(H,16,17). The van der Waals surface area contributed by atoms with Gasteiger partial charge >= 0.3 is 5.69 Å². The van der Waals surface area contributed by atoms with Crippen LogP contribution in [0.4, 0.5) is 17.3 Å². The second-order valence-electron chi connectivity index (χ2n) is 5.90. The number of pyridine rings is 1. The van der Waals surface area contributed by atoms with Gasteiger partial charge in [0.05, 0.1) is 4.92 Å². The van der Waals surface area contributed by atoms with E-state index in [9.17, 15) is 10.1 Å². The molecule has 6 nitrogen and oxygen atoms in total. The van der Waals surface area contributed by atoms with E-state index in [0.29, 0.717) is 17.6 Å². The van der Waals surface area contributed by atoms with Crippen LogP contribution < -0.4 is 10.2 Å². The first-order valence-electron chi connectivity index (χ1n) is 7.68. The molecule has 2 atom stereocenters. The van der Waals surface area contributed by atoms with E-state index in [2.05, 4.69) is 36.0 Å². The van der Waals surface area contributed by atoms with Crippen molar-refractivity contribution in [1.29, 1.82) is 0 Å². The van der Waals surface area contributed by atoms with Crippen molar-refractivity contribution in [3.05, 3.63) is 22.2 Å². The maximum absolute atomic E-state index is 11.3. The van der Waals surface area contributed by atoms with Crippen molar-refractivity contribution in [3.63, 3.8) is 0 Å². The summed E-state index contributed by atoms with van der Waals surface area (Å²) in [6, 6.07) is 3.53. The van der Waals surface area contributed by atoms with Gasteiger partial charge in [-0.3, -0.25) is 10.1 Å². The fourth-order valence-corrected chi connectivity index (χ4v) is 2.87. The molecule has 116 valence electrons. The number of hydrogen-bond donors (Lipinski definition) is 1. The van der Waals surface area contributed by atoms with Crippen LogP contribution in [0, 0.1) is 16.0 Å². The number of nitro groups is 1. The summed E-state index contributed by atoms with van der Waals surface area (Å²) in [5.41, 5.74) is 0.0958. The number of hydrogen-bond acceptors (Lipinski definition) is 5. The quantitative estimate of drug-likeness (QED) is 0.665. The van der Waals surface area contributed by atoms with Crippen molar-refractivity contribution in [1.82, 2.24) is 4.98 Å². The van der Waals surface area contributed by atoms with Crippen molar-refractivity contribution in [2.24, 2.45) is 5.92 Å². The molecule has 0 aromatic carbocycles. The largest absolute Gasteiger partial charge is 0.370 e. The van der Waals surface area contributed by atoms with E-state index in [4.69, 9.17) is 0 Å². The predicted octanol–water partition coefficient (Wildman–Crippen LogP) is 3.44. The molecule has 1 N–H and O–H groups in total. The first-order chi connectivity index (χ1) is 10.0. The summed E-state index contributed by atoms with van der Waals surface area (Å²) < 4.78 is 0. The van der Waals surface area contributed by atoms with Crippen LogP contribution in [0.3, 0.4) is 0 Å². The monoisotopic (exact) mass is 292 g/mol. The van der Waals surface area contributed by atoms with Crippen molar-refractivity contribution in [2.75, 3.05) is 23.3 Å². The van der Waals surface area contributed by atoms with Gasteiger partial charge in [-0.2, -0.15) is 0 Å². The van der Waals surface area contributed by atoms with Crippen LogP contribution in [0.15, 0.2) is 12.1 Å². The molecule has 0 spiro atoms. The van der Waals surface area contributed by atoms with Crippen LogP contribution >= 0.6 is 0 Å². The summed E-state index contributed by atoms with van der Waals surface area (Å²) in [7, 11) is 0.